The van der Waals surface area contributed by atoms with Crippen LogP contribution in [-0.4, -0.2) is 30.9 Å². The fourth-order valence-electron chi connectivity index (χ4n) is 2.33. The Labute approximate surface area is 113 Å². The van der Waals surface area contributed by atoms with E-state index in [1.54, 1.807) is 7.11 Å². The largest absolute Gasteiger partial charge is 0.488 e. The Morgan fingerprint density at radius 2 is 2.16 bits per heavy atom. The molecule has 1 aromatic rings. The van der Waals surface area contributed by atoms with Gasteiger partial charge in [0.25, 0.3) is 0 Å². The van der Waals surface area contributed by atoms with Gasteiger partial charge >= 0.3 is 5.97 Å². The molecular formula is C15H20O4. The molecule has 1 N–H and O–H groups in total. The van der Waals surface area contributed by atoms with Crippen molar-refractivity contribution in [2.24, 2.45) is 0 Å². The first-order chi connectivity index (χ1) is 8.99. The van der Waals surface area contributed by atoms with Gasteiger partial charge in [-0.1, -0.05) is 17.7 Å². The monoisotopic (exact) mass is 264 g/mol. The topological polar surface area (TPSA) is 55.8 Å². The minimum absolute atomic E-state index is 0.101. The average Bonchev–Trinajstić information content (AvgIpc) is 3.13. The molecule has 0 saturated heterocycles. The number of hydrogen-bond donors (Lipinski definition) is 1. The van der Waals surface area contributed by atoms with Crippen LogP contribution in [0.4, 0.5) is 0 Å². The Hall–Kier alpha value is -1.55. The van der Waals surface area contributed by atoms with Crippen LogP contribution >= 0.6 is 0 Å². The van der Waals surface area contributed by atoms with Gasteiger partial charge in [0.1, 0.15) is 11.9 Å². The van der Waals surface area contributed by atoms with E-state index in [1.165, 1.54) is 0 Å². The lowest BCUT2D eigenvalue weighted by Gasteiger charge is -2.20. The molecule has 0 aliphatic heterocycles. The molecule has 0 spiro atoms. The molecule has 1 atom stereocenters. The molecule has 0 heterocycles. The molecule has 19 heavy (non-hydrogen) atoms. The summed E-state index contributed by atoms with van der Waals surface area (Å²) in [6.45, 7) is 4.35. The van der Waals surface area contributed by atoms with E-state index >= 15 is 0 Å². The van der Waals surface area contributed by atoms with Crippen LogP contribution < -0.4 is 4.74 Å². The van der Waals surface area contributed by atoms with Gasteiger partial charge in [-0.25, -0.2) is 0 Å². The molecular weight excluding hydrogens is 244 g/mol. The molecule has 0 bridgehead atoms. The minimum Gasteiger partial charge on any atom is -0.488 e. The van der Waals surface area contributed by atoms with Crippen LogP contribution in [-0.2, 0) is 14.9 Å². The smallest absolute Gasteiger partial charge is 0.314 e. The summed E-state index contributed by atoms with van der Waals surface area (Å²) in [5.41, 5.74) is 1.10. The maximum absolute atomic E-state index is 11.5. The number of methoxy groups -OCH3 is 1. The van der Waals surface area contributed by atoms with Crippen LogP contribution in [0.25, 0.3) is 0 Å². The zero-order valence-corrected chi connectivity index (χ0v) is 11.6. The van der Waals surface area contributed by atoms with Gasteiger partial charge in [-0.15, -0.1) is 0 Å². The molecule has 0 unspecified atom stereocenters. The van der Waals surface area contributed by atoms with Crippen LogP contribution in [0.3, 0.4) is 0 Å². The minimum atomic E-state index is -0.762. The number of carbonyl (C=O) groups is 1. The number of aliphatic carboxylic acids is 1. The molecule has 4 nitrogen and oxygen atoms in total. The van der Waals surface area contributed by atoms with Crippen LogP contribution in [0.15, 0.2) is 18.2 Å². The zero-order valence-electron chi connectivity index (χ0n) is 11.6. The lowest BCUT2D eigenvalue weighted by molar-refractivity contribution is -0.140. The quantitative estimate of drug-likeness (QED) is 0.857. The summed E-state index contributed by atoms with van der Waals surface area (Å²) in [4.78, 5) is 11.5. The van der Waals surface area contributed by atoms with E-state index in [1.807, 2.05) is 32.0 Å². The first-order valence-corrected chi connectivity index (χ1v) is 6.50. The molecule has 2 rings (SSSR count). The van der Waals surface area contributed by atoms with Gasteiger partial charge in [0.15, 0.2) is 0 Å². The molecule has 1 aromatic carbocycles. The number of carboxylic acid groups (broad SMARTS) is 1. The van der Waals surface area contributed by atoms with E-state index in [0.717, 1.165) is 11.1 Å². The summed E-state index contributed by atoms with van der Waals surface area (Å²) in [5, 5.41) is 9.43. The van der Waals surface area contributed by atoms with E-state index in [2.05, 4.69) is 0 Å². The second kappa shape index (κ2) is 5.21. The number of benzene rings is 1. The number of aryl methyl sites for hydroxylation is 1. The van der Waals surface area contributed by atoms with Crippen LogP contribution in [0.5, 0.6) is 5.75 Å². The Kier molecular flexibility index (Phi) is 3.80. The third-order valence-corrected chi connectivity index (χ3v) is 3.54. The molecule has 1 aliphatic rings. The van der Waals surface area contributed by atoms with E-state index < -0.39 is 11.4 Å². The van der Waals surface area contributed by atoms with Crippen molar-refractivity contribution in [3.8, 4) is 5.75 Å². The summed E-state index contributed by atoms with van der Waals surface area (Å²) in [7, 11) is 1.62. The molecule has 4 heteroatoms. The molecule has 1 aliphatic carbocycles. The van der Waals surface area contributed by atoms with Crippen molar-refractivity contribution in [1.29, 1.82) is 0 Å². The third-order valence-electron chi connectivity index (χ3n) is 3.54. The Morgan fingerprint density at radius 1 is 1.47 bits per heavy atom. The molecule has 1 fully saturated rings. The highest BCUT2D eigenvalue weighted by atomic mass is 16.5. The van der Waals surface area contributed by atoms with Crippen LogP contribution in [0.2, 0.25) is 0 Å². The summed E-state index contributed by atoms with van der Waals surface area (Å²) in [6.07, 6.45) is 1.26. The van der Waals surface area contributed by atoms with Gasteiger partial charge in [-0.2, -0.15) is 0 Å². The van der Waals surface area contributed by atoms with Crippen LogP contribution in [0.1, 0.15) is 30.9 Å². The van der Waals surface area contributed by atoms with Gasteiger partial charge in [-0.05, 0) is 32.8 Å². The van der Waals surface area contributed by atoms with Crippen LogP contribution in [0, 0.1) is 6.92 Å². The lowest BCUT2D eigenvalue weighted by atomic mass is 9.93. The van der Waals surface area contributed by atoms with Gasteiger partial charge in [0.05, 0.1) is 12.0 Å². The number of hydrogen-bond acceptors (Lipinski definition) is 3. The average molecular weight is 264 g/mol. The predicted molar refractivity (Wildman–Crippen MR) is 71.7 cm³/mol. The van der Waals surface area contributed by atoms with Gasteiger partial charge in [0, 0.05) is 12.7 Å². The number of carboxylic acids is 1. The number of ether oxygens (including phenoxy) is 2. The van der Waals surface area contributed by atoms with Gasteiger partial charge < -0.3 is 14.6 Å². The molecule has 104 valence electrons. The van der Waals surface area contributed by atoms with Crippen molar-refractivity contribution >= 4 is 5.97 Å². The highest BCUT2D eigenvalue weighted by molar-refractivity contribution is 5.86. The van der Waals surface area contributed by atoms with Gasteiger partial charge in [0.2, 0.25) is 0 Å². The van der Waals surface area contributed by atoms with E-state index in [-0.39, 0.29) is 6.10 Å². The van der Waals surface area contributed by atoms with Crippen molar-refractivity contribution in [2.75, 3.05) is 13.7 Å². The summed E-state index contributed by atoms with van der Waals surface area (Å²) < 4.78 is 10.9. The Morgan fingerprint density at radius 3 is 2.68 bits per heavy atom. The highest BCUT2D eigenvalue weighted by Gasteiger charge is 2.53. The number of rotatable bonds is 6. The van der Waals surface area contributed by atoms with Crippen molar-refractivity contribution in [1.82, 2.24) is 0 Å². The fraction of sp³-hybridized carbons (Fsp3) is 0.533. The first-order valence-electron chi connectivity index (χ1n) is 6.50. The maximum atomic E-state index is 11.5. The lowest BCUT2D eigenvalue weighted by Crippen LogP contribution is -2.24. The summed E-state index contributed by atoms with van der Waals surface area (Å²) in [5.74, 6) is -0.0996. The summed E-state index contributed by atoms with van der Waals surface area (Å²) >= 11 is 0. The second-order valence-electron chi connectivity index (χ2n) is 5.27. The second-order valence-corrected chi connectivity index (χ2v) is 5.27. The van der Waals surface area contributed by atoms with E-state index in [0.29, 0.717) is 25.2 Å². The van der Waals surface area contributed by atoms with Crippen molar-refractivity contribution in [3.05, 3.63) is 29.3 Å². The SMILES string of the molecule is COC[C@H](C)Oc1ccc(C)cc1C1(C(=O)O)CC1. The molecule has 0 aromatic heterocycles. The molecule has 0 amide bonds. The van der Waals surface area contributed by atoms with Crippen molar-refractivity contribution < 1.29 is 19.4 Å². The van der Waals surface area contributed by atoms with Crippen molar-refractivity contribution in [2.45, 2.75) is 38.2 Å². The van der Waals surface area contributed by atoms with Gasteiger partial charge in [-0.3, -0.25) is 4.79 Å². The van der Waals surface area contributed by atoms with E-state index in [4.69, 9.17) is 9.47 Å². The summed E-state index contributed by atoms with van der Waals surface area (Å²) in [6, 6.07) is 5.73. The highest BCUT2D eigenvalue weighted by Crippen LogP contribution is 2.51. The predicted octanol–water partition coefficient (Wildman–Crippen LogP) is 2.52. The molecule has 0 radical (unpaired) electrons. The standard InChI is InChI=1S/C15H20O4/c1-10-4-5-13(19-11(2)9-18-3)12(8-10)15(6-7-15)14(16)17/h4-5,8,11H,6-7,9H2,1-3H3,(H,16,17)/t11-/m0/s1. The fourth-order valence-corrected chi connectivity index (χ4v) is 2.33. The maximum Gasteiger partial charge on any atom is 0.314 e. The molecule has 1 saturated carbocycles. The Balaban J connectivity index is 2.31. The van der Waals surface area contributed by atoms with E-state index in [9.17, 15) is 9.90 Å². The first kappa shape index (κ1) is 13.9. The third kappa shape index (κ3) is 2.73. The Bertz CT molecular complexity index is 477. The normalized spacial score (nSPS) is 17.8. The zero-order chi connectivity index (χ0) is 14.0. The van der Waals surface area contributed by atoms with Crippen molar-refractivity contribution in [3.63, 3.8) is 0 Å².